The number of piperidine rings is 1. The normalized spacial score (nSPS) is 26.2. The predicted octanol–water partition coefficient (Wildman–Crippen LogP) is 3.23. The Kier molecular flexibility index (Phi) is 6.67. The van der Waals surface area contributed by atoms with E-state index in [1.165, 1.54) is 26.2 Å². The summed E-state index contributed by atoms with van der Waals surface area (Å²) >= 11 is 0. The summed E-state index contributed by atoms with van der Waals surface area (Å²) in [6.45, 7) is 3.10. The Labute approximate surface area is 185 Å². The van der Waals surface area contributed by atoms with Crippen molar-refractivity contribution in [2.75, 3.05) is 25.0 Å². The maximum Gasteiger partial charge on any atom is 0.243 e. The van der Waals surface area contributed by atoms with Gasteiger partial charge in [0.25, 0.3) is 0 Å². The fraction of sp³-hybridized carbons (Fsp3) is 0.652. The van der Waals surface area contributed by atoms with E-state index in [-0.39, 0.29) is 28.5 Å². The van der Waals surface area contributed by atoms with Gasteiger partial charge >= 0.3 is 0 Å². The van der Waals surface area contributed by atoms with Gasteiger partial charge in [-0.15, -0.1) is 0 Å². The molecule has 2 saturated heterocycles. The molecule has 7 nitrogen and oxygen atoms in total. The fourth-order valence-corrected chi connectivity index (χ4v) is 6.99. The molecular weight excluding hydrogens is 414 g/mol. The number of nitrogens with zero attached hydrogens (tertiary/aromatic N) is 2. The number of carbonyl (C=O) groups is 2. The van der Waals surface area contributed by atoms with Crippen molar-refractivity contribution in [3.63, 3.8) is 0 Å². The number of amides is 2. The Bertz CT molecular complexity index is 909. The van der Waals surface area contributed by atoms with Gasteiger partial charge in [-0.3, -0.25) is 9.59 Å². The highest BCUT2D eigenvalue weighted by atomic mass is 32.2. The number of hydrogen-bond acceptors (Lipinski definition) is 4. The molecule has 170 valence electrons. The van der Waals surface area contributed by atoms with Crippen molar-refractivity contribution in [2.45, 2.75) is 69.2 Å². The lowest BCUT2D eigenvalue weighted by molar-refractivity contribution is -0.134. The molecular formula is C23H33N3O4S. The van der Waals surface area contributed by atoms with Crippen LogP contribution in [0, 0.1) is 11.8 Å². The smallest absolute Gasteiger partial charge is 0.243 e. The van der Waals surface area contributed by atoms with Crippen molar-refractivity contribution < 1.29 is 18.0 Å². The number of rotatable bonds is 4. The summed E-state index contributed by atoms with van der Waals surface area (Å²) < 4.78 is 28.0. The topological polar surface area (TPSA) is 86.8 Å². The van der Waals surface area contributed by atoms with E-state index in [0.717, 1.165) is 32.2 Å². The van der Waals surface area contributed by atoms with Crippen LogP contribution >= 0.6 is 0 Å². The third-order valence-corrected chi connectivity index (χ3v) is 9.06. The van der Waals surface area contributed by atoms with Crippen molar-refractivity contribution in [2.24, 2.45) is 11.8 Å². The highest BCUT2D eigenvalue weighted by Gasteiger charge is 2.40. The third kappa shape index (κ3) is 4.95. The zero-order valence-corrected chi connectivity index (χ0v) is 19.1. The molecule has 0 spiro atoms. The second-order valence-corrected chi connectivity index (χ2v) is 11.2. The van der Waals surface area contributed by atoms with Crippen molar-refractivity contribution in [3.8, 4) is 0 Å². The maximum absolute atomic E-state index is 13.2. The van der Waals surface area contributed by atoms with Crippen LogP contribution in [0.2, 0.25) is 0 Å². The van der Waals surface area contributed by atoms with Gasteiger partial charge in [-0.05, 0) is 61.8 Å². The number of sulfonamides is 1. The van der Waals surface area contributed by atoms with Crippen molar-refractivity contribution >= 4 is 27.5 Å². The molecule has 3 aliphatic rings. The summed E-state index contributed by atoms with van der Waals surface area (Å²) in [5.41, 5.74) is 0.579. The van der Waals surface area contributed by atoms with Gasteiger partial charge < -0.3 is 10.2 Å². The van der Waals surface area contributed by atoms with E-state index in [4.69, 9.17) is 0 Å². The molecule has 1 aromatic carbocycles. The largest absolute Gasteiger partial charge is 0.340 e. The molecule has 1 aromatic rings. The Hall–Kier alpha value is -1.93. The van der Waals surface area contributed by atoms with Crippen molar-refractivity contribution in [1.82, 2.24) is 9.21 Å². The molecule has 2 atom stereocenters. The summed E-state index contributed by atoms with van der Waals surface area (Å²) in [6.07, 6.45) is 8.05. The molecule has 4 rings (SSSR count). The Morgan fingerprint density at radius 2 is 1.65 bits per heavy atom. The van der Waals surface area contributed by atoms with Gasteiger partial charge in [0, 0.05) is 44.7 Å². The summed E-state index contributed by atoms with van der Waals surface area (Å²) in [4.78, 5) is 26.5. The predicted molar refractivity (Wildman–Crippen MR) is 119 cm³/mol. The lowest BCUT2D eigenvalue weighted by Crippen LogP contribution is -2.43. The van der Waals surface area contributed by atoms with Gasteiger partial charge in [-0.2, -0.15) is 4.31 Å². The van der Waals surface area contributed by atoms with Crippen LogP contribution in [0.25, 0.3) is 0 Å². The van der Waals surface area contributed by atoms with Gasteiger partial charge in [-0.25, -0.2) is 8.42 Å². The minimum atomic E-state index is -3.60. The number of benzene rings is 1. The van der Waals surface area contributed by atoms with E-state index >= 15 is 0 Å². The lowest BCUT2D eigenvalue weighted by Gasteiger charge is -2.36. The molecule has 8 heteroatoms. The highest BCUT2D eigenvalue weighted by Crippen LogP contribution is 2.36. The number of anilines is 1. The number of likely N-dealkylation sites (tertiary alicyclic amines) is 1. The van der Waals surface area contributed by atoms with E-state index in [1.807, 2.05) is 0 Å². The first-order valence-corrected chi connectivity index (χ1v) is 13.0. The zero-order chi connectivity index (χ0) is 22.0. The molecule has 1 N–H and O–H groups in total. The molecule has 2 heterocycles. The average Bonchev–Trinajstić information content (AvgIpc) is 2.92. The van der Waals surface area contributed by atoms with Crippen LogP contribution in [-0.4, -0.2) is 55.1 Å². The lowest BCUT2D eigenvalue weighted by atomic mass is 9.83. The molecule has 0 radical (unpaired) electrons. The standard InChI is InChI=1S/C23H33N3O4S/c1-17(27)24-20-7-9-22(10-8-20)31(29,30)25-13-11-18-15-23(28)26(14-12-19(18)16-25)21-5-3-2-4-6-21/h7-10,18-19,21H,2-6,11-16H2,1H3,(H,24,27)/t18-,19+/m1/s1. The Balaban J connectivity index is 1.43. The van der Waals surface area contributed by atoms with Gasteiger partial charge in [-0.1, -0.05) is 19.3 Å². The van der Waals surface area contributed by atoms with Gasteiger partial charge in [0.15, 0.2) is 0 Å². The second kappa shape index (κ2) is 9.28. The Morgan fingerprint density at radius 1 is 0.968 bits per heavy atom. The molecule has 1 aliphatic carbocycles. The number of fused-ring (bicyclic) bond motifs is 1. The van der Waals surface area contributed by atoms with Crippen LogP contribution in [0.5, 0.6) is 0 Å². The van der Waals surface area contributed by atoms with Gasteiger partial charge in [0.05, 0.1) is 4.90 Å². The highest BCUT2D eigenvalue weighted by molar-refractivity contribution is 7.89. The van der Waals surface area contributed by atoms with Crippen LogP contribution in [0.15, 0.2) is 29.2 Å². The van der Waals surface area contributed by atoms with Crippen molar-refractivity contribution in [3.05, 3.63) is 24.3 Å². The van der Waals surface area contributed by atoms with Crippen molar-refractivity contribution in [1.29, 1.82) is 0 Å². The molecule has 31 heavy (non-hydrogen) atoms. The van der Waals surface area contributed by atoms with E-state index in [9.17, 15) is 18.0 Å². The monoisotopic (exact) mass is 447 g/mol. The molecule has 1 saturated carbocycles. The first-order valence-electron chi connectivity index (χ1n) is 11.5. The van der Waals surface area contributed by atoms with Crippen LogP contribution < -0.4 is 5.32 Å². The quantitative estimate of drug-likeness (QED) is 0.768. The average molecular weight is 448 g/mol. The minimum absolute atomic E-state index is 0.192. The van der Waals surface area contributed by atoms with E-state index in [0.29, 0.717) is 31.2 Å². The SMILES string of the molecule is CC(=O)Nc1ccc(S(=O)(=O)N2CC[C@@H]3CC(=O)N(C4CCCCC4)CC[C@H]3C2)cc1. The molecule has 2 amide bonds. The maximum atomic E-state index is 13.2. The van der Waals surface area contributed by atoms with Crippen LogP contribution in [0.4, 0.5) is 5.69 Å². The van der Waals surface area contributed by atoms with Gasteiger partial charge in [0.1, 0.15) is 0 Å². The molecule has 0 aromatic heterocycles. The van der Waals surface area contributed by atoms with Crippen LogP contribution in [0.1, 0.15) is 58.3 Å². The first-order chi connectivity index (χ1) is 14.8. The fourth-order valence-electron chi connectivity index (χ4n) is 5.47. The number of nitrogens with one attached hydrogen (secondary N) is 1. The van der Waals surface area contributed by atoms with Crippen LogP contribution in [0.3, 0.4) is 0 Å². The Morgan fingerprint density at radius 3 is 2.32 bits per heavy atom. The van der Waals surface area contributed by atoms with Crippen LogP contribution in [-0.2, 0) is 19.6 Å². The number of carbonyl (C=O) groups excluding carboxylic acids is 2. The minimum Gasteiger partial charge on any atom is -0.340 e. The summed E-state index contributed by atoms with van der Waals surface area (Å²) in [6, 6.07) is 6.71. The summed E-state index contributed by atoms with van der Waals surface area (Å²) in [7, 11) is -3.60. The number of hydrogen-bond donors (Lipinski definition) is 1. The molecule has 2 aliphatic heterocycles. The first kappa shape index (κ1) is 22.3. The van der Waals surface area contributed by atoms with E-state index in [1.54, 1.807) is 28.6 Å². The van der Waals surface area contributed by atoms with Gasteiger partial charge in [0.2, 0.25) is 21.8 Å². The zero-order valence-electron chi connectivity index (χ0n) is 18.3. The second-order valence-electron chi connectivity index (χ2n) is 9.25. The molecule has 0 bridgehead atoms. The summed E-state index contributed by atoms with van der Waals surface area (Å²) in [5.74, 6) is 0.571. The molecule has 0 unspecified atom stereocenters. The third-order valence-electron chi connectivity index (χ3n) is 7.18. The molecule has 3 fully saturated rings. The van der Waals surface area contributed by atoms with E-state index < -0.39 is 10.0 Å². The van der Waals surface area contributed by atoms with E-state index in [2.05, 4.69) is 10.2 Å². The summed E-state index contributed by atoms with van der Waals surface area (Å²) in [5, 5.41) is 2.66.